The lowest BCUT2D eigenvalue weighted by Crippen LogP contribution is -2.51. The molecule has 0 aromatic heterocycles. The fourth-order valence-corrected chi connectivity index (χ4v) is 2.28. The van der Waals surface area contributed by atoms with Gasteiger partial charge in [-0.1, -0.05) is 12.1 Å². The lowest BCUT2D eigenvalue weighted by molar-refractivity contribution is -0.128. The molecule has 0 bridgehead atoms. The fraction of sp³-hybridized carbons (Fsp3) is 0.429. The van der Waals surface area contributed by atoms with Crippen molar-refractivity contribution in [2.75, 3.05) is 37.6 Å². The Morgan fingerprint density at radius 3 is 2.43 bits per heavy atom. The highest BCUT2D eigenvalue weighted by Crippen LogP contribution is 2.26. The number of phenolic OH excluding ortho intramolecular Hbond substituents is 1. The van der Waals surface area contributed by atoms with Gasteiger partial charge in [0.05, 0.1) is 12.2 Å². The molecule has 1 aliphatic heterocycles. The second kappa shape index (κ2) is 6.94. The standard InChI is InChI=1S/C14H20N4O3/c1-11(19)15-16-14(21)10-17-6-8-18(9-7-17)12-4-2-3-5-13(12)20/h2-5,20H,6-10H2,1H3,(H,15,19)(H,16,21). The first-order valence-electron chi connectivity index (χ1n) is 6.87. The number of hydrogen-bond acceptors (Lipinski definition) is 5. The molecule has 0 aliphatic carbocycles. The van der Waals surface area contributed by atoms with E-state index in [-0.39, 0.29) is 24.1 Å². The number of phenols is 1. The van der Waals surface area contributed by atoms with Crippen LogP contribution in [0, 0.1) is 0 Å². The molecule has 1 aliphatic rings. The third kappa shape index (κ3) is 4.35. The van der Waals surface area contributed by atoms with Crippen LogP contribution in [0.25, 0.3) is 0 Å². The molecule has 3 N–H and O–H groups in total. The summed E-state index contributed by atoms with van der Waals surface area (Å²) in [5.74, 6) is -0.261. The molecule has 1 heterocycles. The summed E-state index contributed by atoms with van der Waals surface area (Å²) in [6.45, 7) is 4.51. The van der Waals surface area contributed by atoms with E-state index >= 15 is 0 Å². The molecule has 21 heavy (non-hydrogen) atoms. The summed E-state index contributed by atoms with van der Waals surface area (Å²) in [6.07, 6.45) is 0. The zero-order valence-electron chi connectivity index (χ0n) is 12.0. The number of nitrogens with one attached hydrogen (secondary N) is 2. The molecule has 114 valence electrons. The van der Waals surface area contributed by atoms with Gasteiger partial charge in [-0.2, -0.15) is 0 Å². The van der Waals surface area contributed by atoms with Crippen LogP contribution < -0.4 is 15.8 Å². The number of nitrogens with zero attached hydrogens (tertiary/aromatic N) is 2. The molecule has 0 saturated carbocycles. The van der Waals surface area contributed by atoms with Gasteiger partial charge < -0.3 is 10.0 Å². The topological polar surface area (TPSA) is 84.9 Å². The van der Waals surface area contributed by atoms with Crippen LogP contribution >= 0.6 is 0 Å². The van der Waals surface area contributed by atoms with Gasteiger partial charge in [-0.3, -0.25) is 25.3 Å². The van der Waals surface area contributed by atoms with Gasteiger partial charge in [-0.05, 0) is 12.1 Å². The first-order valence-corrected chi connectivity index (χ1v) is 6.87. The number of para-hydroxylation sites is 2. The van der Waals surface area contributed by atoms with Crippen LogP contribution in [0.4, 0.5) is 5.69 Å². The molecule has 0 unspecified atom stereocenters. The predicted octanol–water partition coefficient (Wildman–Crippen LogP) is -0.318. The number of benzene rings is 1. The molecule has 1 aromatic rings. The van der Waals surface area contributed by atoms with Crippen molar-refractivity contribution in [3.8, 4) is 5.75 Å². The summed E-state index contributed by atoms with van der Waals surface area (Å²) < 4.78 is 0. The van der Waals surface area contributed by atoms with Gasteiger partial charge in [0.2, 0.25) is 5.91 Å². The Bertz CT molecular complexity index is 513. The summed E-state index contributed by atoms with van der Waals surface area (Å²) in [5.41, 5.74) is 5.44. The van der Waals surface area contributed by atoms with Crippen molar-refractivity contribution in [2.45, 2.75) is 6.92 Å². The first-order chi connectivity index (χ1) is 10.1. The lowest BCUT2D eigenvalue weighted by atomic mass is 10.2. The van der Waals surface area contributed by atoms with Gasteiger partial charge in [0.25, 0.3) is 5.91 Å². The number of rotatable bonds is 3. The summed E-state index contributed by atoms with van der Waals surface area (Å²) in [7, 11) is 0. The highest BCUT2D eigenvalue weighted by Gasteiger charge is 2.20. The smallest absolute Gasteiger partial charge is 0.252 e. The number of aromatic hydroxyl groups is 1. The van der Waals surface area contributed by atoms with Gasteiger partial charge in [0, 0.05) is 33.1 Å². The van der Waals surface area contributed by atoms with Crippen LogP contribution in [0.3, 0.4) is 0 Å². The molecule has 7 heteroatoms. The molecule has 1 fully saturated rings. The van der Waals surface area contributed by atoms with Crippen molar-refractivity contribution in [1.82, 2.24) is 15.8 Å². The van der Waals surface area contributed by atoms with Crippen LogP contribution in [0.1, 0.15) is 6.92 Å². The maximum Gasteiger partial charge on any atom is 0.252 e. The molecular formula is C14H20N4O3. The Labute approximate surface area is 123 Å². The van der Waals surface area contributed by atoms with Crippen LogP contribution in [0.5, 0.6) is 5.75 Å². The molecular weight excluding hydrogens is 272 g/mol. The maximum absolute atomic E-state index is 11.6. The second-order valence-corrected chi connectivity index (χ2v) is 4.98. The van der Waals surface area contributed by atoms with E-state index in [1.165, 1.54) is 6.92 Å². The quantitative estimate of drug-likeness (QED) is 0.665. The average Bonchev–Trinajstić information content (AvgIpc) is 2.47. The zero-order chi connectivity index (χ0) is 15.2. The number of carbonyl (C=O) groups is 2. The lowest BCUT2D eigenvalue weighted by Gasteiger charge is -2.35. The van der Waals surface area contributed by atoms with Gasteiger partial charge in [0.15, 0.2) is 0 Å². The largest absolute Gasteiger partial charge is 0.506 e. The van der Waals surface area contributed by atoms with Gasteiger partial charge in [-0.15, -0.1) is 0 Å². The average molecular weight is 292 g/mol. The van der Waals surface area contributed by atoms with Crippen LogP contribution in [-0.2, 0) is 9.59 Å². The van der Waals surface area contributed by atoms with E-state index in [1.54, 1.807) is 12.1 Å². The van der Waals surface area contributed by atoms with E-state index in [1.807, 2.05) is 17.0 Å². The van der Waals surface area contributed by atoms with E-state index in [0.29, 0.717) is 0 Å². The Balaban J connectivity index is 1.79. The van der Waals surface area contributed by atoms with E-state index in [0.717, 1.165) is 31.9 Å². The zero-order valence-corrected chi connectivity index (χ0v) is 12.0. The summed E-state index contributed by atoms with van der Waals surface area (Å²) in [5, 5.41) is 9.84. The Kier molecular flexibility index (Phi) is 4.99. The minimum atomic E-state index is -0.298. The SMILES string of the molecule is CC(=O)NNC(=O)CN1CCN(c2ccccc2O)CC1. The third-order valence-corrected chi connectivity index (χ3v) is 3.34. The van der Waals surface area contributed by atoms with E-state index in [9.17, 15) is 14.7 Å². The van der Waals surface area contributed by atoms with Crippen molar-refractivity contribution in [3.05, 3.63) is 24.3 Å². The number of hydrogen-bond donors (Lipinski definition) is 3. The predicted molar refractivity (Wildman–Crippen MR) is 78.7 cm³/mol. The van der Waals surface area contributed by atoms with Crippen LogP contribution in [0.2, 0.25) is 0 Å². The first kappa shape index (κ1) is 15.1. The number of piperazine rings is 1. The summed E-state index contributed by atoms with van der Waals surface area (Å²) >= 11 is 0. The minimum Gasteiger partial charge on any atom is -0.506 e. The number of amides is 2. The maximum atomic E-state index is 11.6. The van der Waals surface area contributed by atoms with Gasteiger partial charge in [0.1, 0.15) is 5.75 Å². The monoisotopic (exact) mass is 292 g/mol. The normalized spacial score (nSPS) is 15.6. The van der Waals surface area contributed by atoms with Gasteiger partial charge >= 0.3 is 0 Å². The second-order valence-electron chi connectivity index (χ2n) is 4.98. The Morgan fingerprint density at radius 2 is 1.81 bits per heavy atom. The molecule has 7 nitrogen and oxygen atoms in total. The third-order valence-electron chi connectivity index (χ3n) is 3.34. The van der Waals surface area contributed by atoms with E-state index in [4.69, 9.17) is 0 Å². The molecule has 0 atom stereocenters. The molecule has 2 rings (SSSR count). The van der Waals surface area contributed by atoms with Crippen LogP contribution in [0.15, 0.2) is 24.3 Å². The number of hydrazine groups is 1. The van der Waals surface area contributed by atoms with Crippen LogP contribution in [-0.4, -0.2) is 54.5 Å². The minimum absolute atomic E-state index is 0.235. The van der Waals surface area contributed by atoms with Crippen molar-refractivity contribution in [3.63, 3.8) is 0 Å². The fourth-order valence-electron chi connectivity index (χ4n) is 2.28. The van der Waals surface area contributed by atoms with Crippen molar-refractivity contribution in [1.29, 1.82) is 0 Å². The summed E-state index contributed by atoms with van der Waals surface area (Å²) in [4.78, 5) is 26.4. The molecule has 2 amide bonds. The number of carbonyl (C=O) groups excluding carboxylic acids is 2. The van der Waals surface area contributed by atoms with E-state index in [2.05, 4.69) is 15.8 Å². The van der Waals surface area contributed by atoms with Crippen molar-refractivity contribution in [2.24, 2.45) is 0 Å². The highest BCUT2D eigenvalue weighted by atomic mass is 16.3. The number of anilines is 1. The molecule has 1 aromatic carbocycles. The van der Waals surface area contributed by atoms with Crippen molar-refractivity contribution < 1.29 is 14.7 Å². The Hall–Kier alpha value is -2.28. The van der Waals surface area contributed by atoms with Crippen molar-refractivity contribution >= 4 is 17.5 Å². The Morgan fingerprint density at radius 1 is 1.14 bits per heavy atom. The van der Waals surface area contributed by atoms with E-state index < -0.39 is 0 Å². The highest BCUT2D eigenvalue weighted by molar-refractivity contribution is 5.82. The molecule has 0 spiro atoms. The molecule has 1 saturated heterocycles. The summed E-state index contributed by atoms with van der Waals surface area (Å²) in [6, 6.07) is 7.24. The van der Waals surface area contributed by atoms with Gasteiger partial charge in [-0.25, -0.2) is 0 Å². The molecule has 0 radical (unpaired) electrons.